The fourth-order valence-electron chi connectivity index (χ4n) is 4.88. The number of hydrogen-bond acceptors (Lipinski definition) is 0. The third-order valence-electron chi connectivity index (χ3n) is 5.38. The molecule has 3 aliphatic rings. The minimum Gasteiger partial charge on any atom is -0.0654 e. The van der Waals surface area contributed by atoms with E-state index in [4.69, 9.17) is 0 Å². The number of fused-ring (bicyclic) bond motifs is 5. The second-order valence-electron chi connectivity index (χ2n) is 5.93. The van der Waals surface area contributed by atoms with Crippen molar-refractivity contribution in [1.29, 1.82) is 0 Å². The first-order chi connectivity index (χ1) is 6.86. The van der Waals surface area contributed by atoms with Gasteiger partial charge >= 0.3 is 0 Å². The summed E-state index contributed by atoms with van der Waals surface area (Å²) in [5.74, 6) is 3.40. The molecule has 0 heterocycles. The molecule has 0 N–H and O–H groups in total. The third kappa shape index (κ3) is 1.12. The maximum absolute atomic E-state index is 2.74. The monoisotopic (exact) mass is 191 g/mol. The molecule has 0 amide bonds. The third-order valence-corrected chi connectivity index (χ3v) is 5.38. The highest BCUT2D eigenvalue weighted by atomic mass is 14.6. The largest absolute Gasteiger partial charge is 0.0654 e. The van der Waals surface area contributed by atoms with E-state index in [9.17, 15) is 0 Å². The summed E-state index contributed by atoms with van der Waals surface area (Å²) in [5, 5.41) is 0. The molecule has 3 rings (SSSR count). The zero-order valence-electron chi connectivity index (χ0n) is 9.47. The lowest BCUT2D eigenvalue weighted by molar-refractivity contribution is 0.182. The molecule has 4 atom stereocenters. The van der Waals surface area contributed by atoms with E-state index in [1.807, 2.05) is 0 Å². The highest BCUT2D eigenvalue weighted by Gasteiger charge is 2.57. The van der Waals surface area contributed by atoms with Crippen LogP contribution in [0.2, 0.25) is 0 Å². The van der Waals surface area contributed by atoms with Crippen molar-refractivity contribution in [3.8, 4) is 0 Å². The molecule has 0 spiro atoms. The van der Waals surface area contributed by atoms with E-state index in [-0.39, 0.29) is 0 Å². The van der Waals surface area contributed by atoms with Crippen LogP contribution < -0.4 is 0 Å². The first kappa shape index (κ1) is 9.24. The summed E-state index contributed by atoms with van der Waals surface area (Å²) in [4.78, 5) is 0. The molecule has 0 aliphatic heterocycles. The minimum atomic E-state index is 0.738. The van der Waals surface area contributed by atoms with Crippen LogP contribution in [-0.4, -0.2) is 0 Å². The van der Waals surface area contributed by atoms with Gasteiger partial charge in [-0.2, -0.15) is 0 Å². The predicted molar refractivity (Wildman–Crippen MR) is 59.8 cm³/mol. The molecule has 0 saturated heterocycles. The first-order valence-electron chi connectivity index (χ1n) is 6.70. The van der Waals surface area contributed by atoms with Crippen LogP contribution >= 0.6 is 0 Å². The van der Waals surface area contributed by atoms with Crippen molar-refractivity contribution >= 4 is 0 Å². The van der Waals surface area contributed by atoms with Gasteiger partial charge in [0.2, 0.25) is 0 Å². The van der Waals surface area contributed by atoms with Crippen molar-refractivity contribution in [1.82, 2.24) is 0 Å². The summed E-state index contributed by atoms with van der Waals surface area (Å²) in [6.07, 6.45) is 14.8. The van der Waals surface area contributed by atoms with Gasteiger partial charge in [0.25, 0.3) is 0 Å². The molecular formula is C14H23. The molecule has 0 aromatic carbocycles. The normalized spacial score (nSPS) is 49.9. The predicted octanol–water partition coefficient (Wildman–Crippen LogP) is 4.21. The number of rotatable bonds is 3. The smallest absolute Gasteiger partial charge is 0.0232 e. The Morgan fingerprint density at radius 1 is 1.29 bits per heavy atom. The van der Waals surface area contributed by atoms with Crippen molar-refractivity contribution in [3.63, 3.8) is 0 Å². The molecule has 2 bridgehead atoms. The molecule has 0 aromatic heterocycles. The zero-order valence-corrected chi connectivity index (χ0v) is 9.47. The van der Waals surface area contributed by atoms with Crippen LogP contribution in [0.1, 0.15) is 58.3 Å². The lowest BCUT2D eigenvalue weighted by atomic mass is 9.69. The second kappa shape index (κ2) is 3.25. The Morgan fingerprint density at radius 3 is 3.07 bits per heavy atom. The van der Waals surface area contributed by atoms with Crippen molar-refractivity contribution in [2.75, 3.05) is 0 Å². The van der Waals surface area contributed by atoms with Crippen molar-refractivity contribution in [2.45, 2.75) is 58.3 Å². The van der Waals surface area contributed by atoms with Crippen molar-refractivity contribution in [2.24, 2.45) is 23.2 Å². The van der Waals surface area contributed by atoms with Gasteiger partial charge in [-0.3, -0.25) is 0 Å². The Kier molecular flexibility index (Phi) is 2.15. The van der Waals surface area contributed by atoms with Gasteiger partial charge in [-0.1, -0.05) is 19.8 Å². The molecule has 0 heteroatoms. The van der Waals surface area contributed by atoms with Crippen LogP contribution in [0.3, 0.4) is 0 Å². The summed E-state index contributed by atoms with van der Waals surface area (Å²) < 4.78 is 0. The molecule has 3 fully saturated rings. The summed E-state index contributed by atoms with van der Waals surface area (Å²) in [6, 6.07) is 0. The zero-order chi connectivity index (χ0) is 9.60. The van der Waals surface area contributed by atoms with E-state index in [1.165, 1.54) is 19.3 Å². The lowest BCUT2D eigenvalue weighted by Gasteiger charge is -2.36. The van der Waals surface area contributed by atoms with Gasteiger partial charge in [0.1, 0.15) is 0 Å². The highest BCUT2D eigenvalue weighted by Crippen LogP contribution is 2.67. The molecule has 3 aliphatic carbocycles. The SMILES string of the molecule is CCC[CH]C12CCC(C1)C1CCCC12. The topological polar surface area (TPSA) is 0 Å². The quantitative estimate of drug-likeness (QED) is 0.627. The van der Waals surface area contributed by atoms with Crippen LogP contribution in [0.25, 0.3) is 0 Å². The van der Waals surface area contributed by atoms with E-state index >= 15 is 0 Å². The fraction of sp³-hybridized carbons (Fsp3) is 0.929. The van der Waals surface area contributed by atoms with Crippen molar-refractivity contribution in [3.05, 3.63) is 6.42 Å². The molecule has 0 nitrogen and oxygen atoms in total. The summed E-state index contributed by atoms with van der Waals surface area (Å²) in [7, 11) is 0. The van der Waals surface area contributed by atoms with Gasteiger partial charge in [0.15, 0.2) is 0 Å². The minimum absolute atomic E-state index is 0.738. The van der Waals surface area contributed by atoms with Gasteiger partial charge in [0.05, 0.1) is 0 Å². The van der Waals surface area contributed by atoms with E-state index in [0.717, 1.165) is 23.2 Å². The Balaban J connectivity index is 1.78. The highest BCUT2D eigenvalue weighted by molar-refractivity contribution is 5.13. The number of unbranched alkanes of at least 4 members (excludes halogenated alkanes) is 1. The summed E-state index contributed by atoms with van der Waals surface area (Å²) >= 11 is 0. The Labute approximate surface area is 88.5 Å². The molecule has 3 saturated carbocycles. The first-order valence-corrected chi connectivity index (χ1v) is 6.70. The van der Waals surface area contributed by atoms with E-state index in [2.05, 4.69) is 13.3 Å². The van der Waals surface area contributed by atoms with Crippen LogP contribution in [-0.2, 0) is 0 Å². The van der Waals surface area contributed by atoms with Crippen LogP contribution in [0.5, 0.6) is 0 Å². The maximum Gasteiger partial charge on any atom is -0.0232 e. The molecule has 1 radical (unpaired) electrons. The average Bonchev–Trinajstić information content (AvgIpc) is 2.86. The van der Waals surface area contributed by atoms with Crippen molar-refractivity contribution < 1.29 is 0 Å². The van der Waals surface area contributed by atoms with E-state index < -0.39 is 0 Å². The Morgan fingerprint density at radius 2 is 2.21 bits per heavy atom. The Bertz CT molecular complexity index is 220. The van der Waals surface area contributed by atoms with Gasteiger partial charge in [0, 0.05) is 0 Å². The molecule has 79 valence electrons. The van der Waals surface area contributed by atoms with Gasteiger partial charge in [-0.25, -0.2) is 0 Å². The second-order valence-corrected chi connectivity index (χ2v) is 5.93. The molecular weight excluding hydrogens is 168 g/mol. The van der Waals surface area contributed by atoms with Crippen LogP contribution in [0.15, 0.2) is 0 Å². The van der Waals surface area contributed by atoms with E-state index in [0.29, 0.717) is 0 Å². The van der Waals surface area contributed by atoms with Gasteiger partial charge < -0.3 is 0 Å². The molecule has 14 heavy (non-hydrogen) atoms. The summed E-state index contributed by atoms with van der Waals surface area (Å²) in [6.45, 7) is 2.32. The molecule has 4 unspecified atom stereocenters. The standard InChI is InChI=1S/C14H23/c1-2-3-8-14-9-7-11(10-14)12-5-4-6-13(12)14/h8,11-13H,2-7,9-10H2,1H3. The Hall–Kier alpha value is 0. The summed E-state index contributed by atoms with van der Waals surface area (Å²) in [5.41, 5.74) is 0.738. The van der Waals surface area contributed by atoms with Crippen LogP contribution in [0.4, 0.5) is 0 Å². The lowest BCUT2D eigenvalue weighted by Crippen LogP contribution is -2.28. The maximum atomic E-state index is 2.74. The number of hydrogen-bond donors (Lipinski definition) is 0. The molecule has 0 aromatic rings. The average molecular weight is 191 g/mol. The van der Waals surface area contributed by atoms with Gasteiger partial charge in [-0.15, -0.1) is 0 Å². The van der Waals surface area contributed by atoms with Gasteiger partial charge in [-0.05, 0) is 68.1 Å². The van der Waals surface area contributed by atoms with E-state index in [1.54, 1.807) is 32.1 Å². The fourth-order valence-corrected chi connectivity index (χ4v) is 4.88. The van der Waals surface area contributed by atoms with Crippen LogP contribution in [0, 0.1) is 29.6 Å².